The Labute approximate surface area is 134 Å². The lowest BCUT2D eigenvalue weighted by atomic mass is 10.00. The van der Waals surface area contributed by atoms with Gasteiger partial charge in [0.2, 0.25) is 0 Å². The number of aryl methyl sites for hydroxylation is 1. The summed E-state index contributed by atoms with van der Waals surface area (Å²) in [7, 11) is 0. The summed E-state index contributed by atoms with van der Waals surface area (Å²) in [5.74, 6) is 0.875. The van der Waals surface area contributed by atoms with Crippen molar-refractivity contribution in [2.45, 2.75) is 33.3 Å². The van der Waals surface area contributed by atoms with Crippen molar-refractivity contribution in [2.24, 2.45) is 0 Å². The van der Waals surface area contributed by atoms with Gasteiger partial charge in [0.25, 0.3) is 0 Å². The smallest absolute Gasteiger partial charge is 0.336 e. The zero-order valence-electron chi connectivity index (χ0n) is 13.4. The molecule has 3 rings (SSSR count). The minimum atomic E-state index is -0.345. The summed E-state index contributed by atoms with van der Waals surface area (Å²) in [6.07, 6.45) is 3.39. The quantitative estimate of drug-likeness (QED) is 0.689. The van der Waals surface area contributed by atoms with Crippen molar-refractivity contribution in [2.75, 3.05) is 0 Å². The van der Waals surface area contributed by atoms with E-state index >= 15 is 0 Å². The first kappa shape index (κ1) is 15.2. The average molecular weight is 310 g/mol. The predicted molar refractivity (Wildman–Crippen MR) is 87.7 cm³/mol. The summed E-state index contributed by atoms with van der Waals surface area (Å²) in [6, 6.07) is 7.08. The molecule has 0 fully saturated rings. The Kier molecular flexibility index (Phi) is 4.10. The van der Waals surface area contributed by atoms with Gasteiger partial charge in [-0.25, -0.2) is 4.79 Å². The molecule has 5 nitrogen and oxygen atoms in total. The van der Waals surface area contributed by atoms with Crippen molar-refractivity contribution >= 4 is 11.0 Å². The predicted octanol–water partition coefficient (Wildman–Crippen LogP) is 3.59. The number of ether oxygens (including phenoxy) is 1. The van der Waals surface area contributed by atoms with Crippen LogP contribution in [0.3, 0.4) is 0 Å². The van der Waals surface area contributed by atoms with Gasteiger partial charge in [0.05, 0.1) is 17.6 Å². The summed E-state index contributed by atoms with van der Waals surface area (Å²) in [5, 5.41) is 0.932. The van der Waals surface area contributed by atoms with Crippen molar-refractivity contribution < 1.29 is 9.15 Å². The Bertz CT molecular complexity index is 883. The van der Waals surface area contributed by atoms with Crippen LogP contribution in [0.1, 0.15) is 36.7 Å². The van der Waals surface area contributed by atoms with Crippen molar-refractivity contribution in [1.29, 1.82) is 0 Å². The van der Waals surface area contributed by atoms with Crippen LogP contribution in [0.2, 0.25) is 0 Å². The normalized spacial score (nSPS) is 11.1. The van der Waals surface area contributed by atoms with Crippen LogP contribution in [0.5, 0.6) is 5.75 Å². The maximum atomic E-state index is 11.7. The molecule has 0 amide bonds. The fourth-order valence-electron chi connectivity index (χ4n) is 2.39. The van der Waals surface area contributed by atoms with Crippen LogP contribution in [0, 0.1) is 6.92 Å². The van der Waals surface area contributed by atoms with Crippen LogP contribution < -0.4 is 10.4 Å². The van der Waals surface area contributed by atoms with Gasteiger partial charge in [0.15, 0.2) is 0 Å². The van der Waals surface area contributed by atoms with Gasteiger partial charge in [-0.1, -0.05) is 13.8 Å². The third-order valence-electron chi connectivity index (χ3n) is 3.59. The van der Waals surface area contributed by atoms with Gasteiger partial charge in [-0.05, 0) is 30.5 Å². The molecular weight excluding hydrogens is 292 g/mol. The molecule has 23 heavy (non-hydrogen) atoms. The number of benzene rings is 1. The number of rotatable bonds is 4. The summed E-state index contributed by atoms with van der Waals surface area (Å²) in [4.78, 5) is 20.1. The molecule has 3 aromatic rings. The molecule has 5 heteroatoms. The van der Waals surface area contributed by atoms with Crippen LogP contribution in [-0.2, 0) is 6.61 Å². The second-order valence-corrected chi connectivity index (χ2v) is 5.77. The molecule has 0 aliphatic heterocycles. The molecule has 0 saturated carbocycles. The number of aromatic nitrogens is 2. The lowest BCUT2D eigenvalue weighted by Crippen LogP contribution is -2.03. The Morgan fingerprint density at radius 1 is 1.17 bits per heavy atom. The first-order valence-electron chi connectivity index (χ1n) is 7.51. The highest BCUT2D eigenvalue weighted by atomic mass is 16.5. The summed E-state index contributed by atoms with van der Waals surface area (Å²) < 4.78 is 11.0. The first-order chi connectivity index (χ1) is 11.0. The second-order valence-electron chi connectivity index (χ2n) is 5.77. The largest absolute Gasteiger partial charge is 0.487 e. The molecule has 0 radical (unpaired) electrons. The molecule has 2 aromatic heterocycles. The third kappa shape index (κ3) is 3.39. The van der Waals surface area contributed by atoms with E-state index in [0.29, 0.717) is 17.9 Å². The Balaban J connectivity index is 1.88. The van der Waals surface area contributed by atoms with E-state index in [9.17, 15) is 4.79 Å². The van der Waals surface area contributed by atoms with E-state index in [0.717, 1.165) is 22.3 Å². The number of hydrogen-bond donors (Lipinski definition) is 0. The summed E-state index contributed by atoms with van der Waals surface area (Å²) in [6.45, 7) is 6.30. The van der Waals surface area contributed by atoms with Gasteiger partial charge in [-0.15, -0.1) is 0 Å². The lowest BCUT2D eigenvalue weighted by Gasteiger charge is -2.10. The van der Waals surface area contributed by atoms with E-state index in [1.165, 1.54) is 0 Å². The highest BCUT2D eigenvalue weighted by Gasteiger charge is 2.10. The van der Waals surface area contributed by atoms with E-state index in [1.54, 1.807) is 24.5 Å². The molecule has 0 aliphatic rings. The van der Waals surface area contributed by atoms with E-state index in [4.69, 9.17) is 9.15 Å². The third-order valence-corrected chi connectivity index (χ3v) is 3.59. The second kappa shape index (κ2) is 6.20. The number of hydrogen-bond acceptors (Lipinski definition) is 5. The molecule has 0 bridgehead atoms. The maximum Gasteiger partial charge on any atom is 0.336 e. The number of nitrogens with zero attached hydrogens (tertiary/aromatic N) is 2. The topological polar surface area (TPSA) is 65.2 Å². The molecule has 0 spiro atoms. The van der Waals surface area contributed by atoms with Crippen molar-refractivity contribution in [1.82, 2.24) is 9.97 Å². The van der Waals surface area contributed by atoms with Crippen LogP contribution in [0.15, 0.2) is 45.9 Å². The van der Waals surface area contributed by atoms with E-state index in [2.05, 4.69) is 23.8 Å². The fraction of sp³-hybridized carbons (Fsp3) is 0.278. The monoisotopic (exact) mass is 310 g/mol. The molecular formula is C18H18N2O3. The van der Waals surface area contributed by atoms with Gasteiger partial charge in [-0.3, -0.25) is 9.97 Å². The van der Waals surface area contributed by atoms with Gasteiger partial charge in [0, 0.05) is 23.7 Å². The Hall–Kier alpha value is -2.69. The molecule has 1 aromatic carbocycles. The zero-order valence-corrected chi connectivity index (χ0v) is 13.4. The molecule has 2 heterocycles. The molecule has 0 atom stereocenters. The van der Waals surface area contributed by atoms with E-state index in [-0.39, 0.29) is 11.5 Å². The van der Waals surface area contributed by atoms with Crippen molar-refractivity contribution in [3.63, 3.8) is 0 Å². The summed E-state index contributed by atoms with van der Waals surface area (Å²) >= 11 is 0. The van der Waals surface area contributed by atoms with E-state index < -0.39 is 0 Å². The van der Waals surface area contributed by atoms with Gasteiger partial charge < -0.3 is 9.15 Å². The van der Waals surface area contributed by atoms with Gasteiger partial charge >= 0.3 is 5.63 Å². The SMILES string of the molecule is Cc1cnc(COc2ccc3c(C(C)C)cc(=O)oc3c2)cn1. The minimum Gasteiger partial charge on any atom is -0.487 e. The lowest BCUT2D eigenvalue weighted by molar-refractivity contribution is 0.300. The Morgan fingerprint density at radius 2 is 2.00 bits per heavy atom. The summed E-state index contributed by atoms with van der Waals surface area (Å²) in [5.41, 5.74) is 2.78. The highest BCUT2D eigenvalue weighted by Crippen LogP contribution is 2.27. The zero-order chi connectivity index (χ0) is 16.4. The average Bonchev–Trinajstić information content (AvgIpc) is 2.53. The van der Waals surface area contributed by atoms with Crippen molar-refractivity contribution in [3.8, 4) is 5.75 Å². The highest BCUT2D eigenvalue weighted by molar-refractivity contribution is 5.82. The fourth-order valence-corrected chi connectivity index (χ4v) is 2.39. The molecule has 0 unspecified atom stereocenters. The van der Waals surface area contributed by atoms with E-state index in [1.807, 2.05) is 19.1 Å². The van der Waals surface area contributed by atoms with Gasteiger partial charge in [0.1, 0.15) is 17.9 Å². The minimum absolute atomic E-state index is 0.246. The molecule has 0 saturated heterocycles. The molecule has 0 aliphatic carbocycles. The van der Waals surface area contributed by atoms with Crippen LogP contribution in [0.25, 0.3) is 11.0 Å². The van der Waals surface area contributed by atoms with Crippen LogP contribution >= 0.6 is 0 Å². The standard InChI is InChI=1S/C18H18N2O3/c1-11(2)16-7-18(21)23-17-6-14(4-5-15(16)17)22-10-13-9-19-12(3)8-20-13/h4-9,11H,10H2,1-3H3. The maximum absolute atomic E-state index is 11.7. The molecule has 118 valence electrons. The van der Waals surface area contributed by atoms with Crippen LogP contribution in [0.4, 0.5) is 0 Å². The molecule has 0 N–H and O–H groups in total. The first-order valence-corrected chi connectivity index (χ1v) is 7.51. The Morgan fingerprint density at radius 3 is 2.70 bits per heavy atom. The number of fused-ring (bicyclic) bond motifs is 1. The van der Waals surface area contributed by atoms with Gasteiger partial charge in [-0.2, -0.15) is 0 Å². The van der Waals surface area contributed by atoms with Crippen molar-refractivity contribution in [3.05, 3.63) is 64.0 Å². The van der Waals surface area contributed by atoms with Crippen LogP contribution in [-0.4, -0.2) is 9.97 Å².